The van der Waals surface area contributed by atoms with Gasteiger partial charge in [0.2, 0.25) is 0 Å². The molecule has 2 rings (SSSR count). The molecule has 3 nitrogen and oxygen atoms in total. The van der Waals surface area contributed by atoms with Crippen LogP contribution in [0.4, 0.5) is 0 Å². The number of para-hydroxylation sites is 1. The average molecular weight is 213 g/mol. The van der Waals surface area contributed by atoms with E-state index in [2.05, 4.69) is 0 Å². The first-order valence-electron chi connectivity index (χ1n) is 4.97. The topological polar surface area (TPSA) is 39.1 Å². The van der Waals surface area contributed by atoms with Crippen LogP contribution < -0.4 is 5.56 Å². The fourth-order valence-corrected chi connectivity index (χ4v) is 1.49. The highest BCUT2D eigenvalue weighted by Crippen LogP contribution is 2.05. The Balaban J connectivity index is 2.61. The number of aromatic nitrogens is 1. The number of Topliss-reactive ketones (excluding diaryl/α,β-unsaturated/α-hetero) is 1. The number of carbonyl (C=O) groups is 1. The summed E-state index contributed by atoms with van der Waals surface area (Å²) in [5.41, 5.74) is 1.15. The molecule has 0 aliphatic carbocycles. The molecule has 0 aliphatic rings. The van der Waals surface area contributed by atoms with Crippen LogP contribution >= 0.6 is 0 Å². The third-order valence-electron chi connectivity index (χ3n) is 2.35. The van der Waals surface area contributed by atoms with E-state index in [9.17, 15) is 9.59 Å². The maximum atomic E-state index is 11.6. The number of nitrogens with zero attached hydrogens (tertiary/aromatic N) is 1. The lowest BCUT2D eigenvalue weighted by Gasteiger charge is -2.06. The number of benzene rings is 1. The third-order valence-corrected chi connectivity index (χ3v) is 2.35. The summed E-state index contributed by atoms with van der Waals surface area (Å²) in [5.74, 6) is -0.0512. The predicted molar refractivity (Wildman–Crippen MR) is 62.0 cm³/mol. The Morgan fingerprint density at radius 3 is 2.38 bits per heavy atom. The molecule has 0 saturated heterocycles. The Labute approximate surface area is 93.0 Å². The molecule has 3 heteroatoms. The Hall–Kier alpha value is -2.16. The van der Waals surface area contributed by atoms with Gasteiger partial charge in [-0.15, -0.1) is 0 Å². The number of hydrogen-bond acceptors (Lipinski definition) is 2. The van der Waals surface area contributed by atoms with Crippen LogP contribution in [-0.4, -0.2) is 10.4 Å². The van der Waals surface area contributed by atoms with Crippen LogP contribution in [0.1, 0.15) is 17.3 Å². The molecular weight excluding hydrogens is 202 g/mol. The van der Waals surface area contributed by atoms with Crippen molar-refractivity contribution in [2.24, 2.45) is 0 Å². The number of hydrogen-bond donors (Lipinski definition) is 0. The third kappa shape index (κ3) is 1.93. The van der Waals surface area contributed by atoms with Gasteiger partial charge in [0.05, 0.1) is 0 Å². The lowest BCUT2D eigenvalue weighted by molar-refractivity contribution is 0.101. The van der Waals surface area contributed by atoms with Gasteiger partial charge in [0.1, 0.15) is 0 Å². The van der Waals surface area contributed by atoms with Crippen molar-refractivity contribution in [1.29, 1.82) is 0 Å². The molecule has 16 heavy (non-hydrogen) atoms. The van der Waals surface area contributed by atoms with Crippen LogP contribution in [0, 0.1) is 0 Å². The Morgan fingerprint density at radius 1 is 1.06 bits per heavy atom. The van der Waals surface area contributed by atoms with Crippen molar-refractivity contribution in [3.63, 3.8) is 0 Å². The lowest BCUT2D eigenvalue weighted by atomic mass is 10.2. The largest absolute Gasteiger partial charge is 0.294 e. The zero-order chi connectivity index (χ0) is 11.5. The Morgan fingerprint density at radius 2 is 1.75 bits per heavy atom. The maximum Gasteiger partial charge on any atom is 0.255 e. The number of carbonyl (C=O) groups excluding carboxylic acids is 1. The second kappa shape index (κ2) is 4.14. The standard InChI is InChI=1S/C13H11NO2/c1-10(15)11-7-8-13(16)14(9-11)12-5-3-2-4-6-12/h2-9H,1H3. The Kier molecular flexibility index (Phi) is 2.68. The van der Waals surface area contributed by atoms with Gasteiger partial charge in [0, 0.05) is 23.5 Å². The van der Waals surface area contributed by atoms with Gasteiger partial charge in [-0.25, -0.2) is 0 Å². The van der Waals surface area contributed by atoms with Crippen LogP contribution in [0.5, 0.6) is 0 Å². The van der Waals surface area contributed by atoms with E-state index in [0.29, 0.717) is 5.56 Å². The first-order valence-corrected chi connectivity index (χ1v) is 4.97. The monoisotopic (exact) mass is 213 g/mol. The van der Waals surface area contributed by atoms with Crippen molar-refractivity contribution in [3.05, 3.63) is 64.6 Å². The molecule has 0 fully saturated rings. The van der Waals surface area contributed by atoms with Gasteiger partial charge in [-0.2, -0.15) is 0 Å². The van der Waals surface area contributed by atoms with E-state index in [1.165, 1.54) is 17.6 Å². The molecule has 1 aromatic heterocycles. The second-order valence-corrected chi connectivity index (χ2v) is 3.52. The molecule has 0 radical (unpaired) electrons. The van der Waals surface area contributed by atoms with Gasteiger partial charge in [-0.1, -0.05) is 18.2 Å². The number of ketones is 1. The van der Waals surface area contributed by atoms with Gasteiger partial charge in [0.15, 0.2) is 5.78 Å². The minimum atomic E-state index is -0.142. The summed E-state index contributed by atoms with van der Waals surface area (Å²) in [5, 5.41) is 0. The molecule has 0 saturated carbocycles. The molecule has 0 spiro atoms. The van der Waals surface area contributed by atoms with Gasteiger partial charge < -0.3 is 0 Å². The summed E-state index contributed by atoms with van der Waals surface area (Å²) in [6.45, 7) is 1.48. The lowest BCUT2D eigenvalue weighted by Crippen LogP contribution is -2.17. The van der Waals surface area contributed by atoms with Crippen molar-refractivity contribution in [1.82, 2.24) is 4.57 Å². The summed E-state index contributed by atoms with van der Waals surface area (Å²) >= 11 is 0. The summed E-state index contributed by atoms with van der Waals surface area (Å²) in [7, 11) is 0. The molecule has 0 aliphatic heterocycles. The van der Waals surface area contributed by atoms with Crippen LogP contribution in [-0.2, 0) is 0 Å². The minimum Gasteiger partial charge on any atom is -0.294 e. The molecule has 0 amide bonds. The first-order chi connectivity index (χ1) is 7.68. The quantitative estimate of drug-likeness (QED) is 0.716. The highest BCUT2D eigenvalue weighted by molar-refractivity contribution is 5.93. The normalized spacial score (nSPS) is 10.1. The van der Waals surface area contributed by atoms with Crippen molar-refractivity contribution >= 4 is 5.78 Å². The fraction of sp³-hybridized carbons (Fsp3) is 0.0769. The zero-order valence-corrected chi connectivity index (χ0v) is 8.88. The maximum absolute atomic E-state index is 11.6. The Bertz CT molecular complexity index is 570. The molecule has 2 aromatic rings. The van der Waals surface area contributed by atoms with Crippen LogP contribution in [0.2, 0.25) is 0 Å². The van der Waals surface area contributed by atoms with Crippen LogP contribution in [0.15, 0.2) is 53.5 Å². The second-order valence-electron chi connectivity index (χ2n) is 3.52. The van der Waals surface area contributed by atoms with E-state index in [1.54, 1.807) is 12.3 Å². The summed E-state index contributed by atoms with van der Waals surface area (Å²) in [6, 6.07) is 12.2. The highest BCUT2D eigenvalue weighted by Gasteiger charge is 2.03. The van der Waals surface area contributed by atoms with Crippen LogP contribution in [0.3, 0.4) is 0 Å². The van der Waals surface area contributed by atoms with E-state index in [4.69, 9.17) is 0 Å². The molecule has 0 atom stereocenters. The van der Waals surface area contributed by atoms with Crippen molar-refractivity contribution < 1.29 is 4.79 Å². The SMILES string of the molecule is CC(=O)c1ccc(=O)n(-c2ccccc2)c1. The van der Waals surface area contributed by atoms with E-state index < -0.39 is 0 Å². The van der Waals surface area contributed by atoms with Crippen LogP contribution in [0.25, 0.3) is 5.69 Å². The van der Waals surface area contributed by atoms with Gasteiger partial charge in [-0.05, 0) is 25.1 Å². The van der Waals surface area contributed by atoms with Crippen molar-refractivity contribution in [2.45, 2.75) is 6.92 Å². The molecular formula is C13H11NO2. The molecule has 0 N–H and O–H groups in total. The van der Waals surface area contributed by atoms with Gasteiger partial charge in [-0.3, -0.25) is 14.2 Å². The van der Waals surface area contributed by atoms with Gasteiger partial charge >= 0.3 is 0 Å². The molecule has 0 bridgehead atoms. The summed E-state index contributed by atoms with van der Waals surface area (Å²) < 4.78 is 1.47. The fourth-order valence-electron chi connectivity index (χ4n) is 1.49. The molecule has 80 valence electrons. The number of rotatable bonds is 2. The van der Waals surface area contributed by atoms with E-state index in [1.807, 2.05) is 30.3 Å². The first kappa shape index (κ1) is 10.4. The summed E-state index contributed by atoms with van der Waals surface area (Å²) in [4.78, 5) is 22.9. The zero-order valence-electron chi connectivity index (χ0n) is 8.88. The van der Waals surface area contributed by atoms with Gasteiger partial charge in [0.25, 0.3) is 5.56 Å². The summed E-state index contributed by atoms with van der Waals surface area (Å²) in [6.07, 6.45) is 1.57. The van der Waals surface area contributed by atoms with Crippen molar-refractivity contribution in [2.75, 3.05) is 0 Å². The van der Waals surface area contributed by atoms with E-state index in [0.717, 1.165) is 5.69 Å². The molecule has 0 unspecified atom stereocenters. The highest BCUT2D eigenvalue weighted by atomic mass is 16.1. The molecule has 1 aromatic carbocycles. The molecule has 1 heterocycles. The number of pyridine rings is 1. The minimum absolute atomic E-state index is 0.0512. The van der Waals surface area contributed by atoms with Crippen molar-refractivity contribution in [3.8, 4) is 5.69 Å². The van der Waals surface area contributed by atoms with E-state index in [-0.39, 0.29) is 11.3 Å². The van der Waals surface area contributed by atoms with E-state index >= 15 is 0 Å². The average Bonchev–Trinajstić information content (AvgIpc) is 2.30. The smallest absolute Gasteiger partial charge is 0.255 e. The predicted octanol–water partition coefficient (Wildman–Crippen LogP) is 2.04.